The molecule has 1 unspecified atom stereocenters. The molecule has 2 aromatic carbocycles. The molecule has 1 saturated heterocycles. The maximum Gasteiger partial charge on any atom is 0.573 e. The van der Waals surface area contributed by atoms with Gasteiger partial charge >= 0.3 is 6.36 Å². The average Bonchev–Trinajstić information content (AvgIpc) is 2.74. The van der Waals surface area contributed by atoms with Crippen molar-refractivity contribution in [3.63, 3.8) is 0 Å². The first kappa shape index (κ1) is 26.2. The van der Waals surface area contributed by atoms with Gasteiger partial charge in [0.1, 0.15) is 0 Å². The fourth-order valence-electron chi connectivity index (χ4n) is 3.59. The fourth-order valence-corrected chi connectivity index (χ4v) is 3.59. The molecule has 32 heavy (non-hydrogen) atoms. The van der Waals surface area contributed by atoms with E-state index in [1.165, 1.54) is 18.2 Å². The van der Waals surface area contributed by atoms with Crippen molar-refractivity contribution in [2.75, 3.05) is 25.1 Å². The lowest BCUT2D eigenvalue weighted by molar-refractivity contribution is -0.274. The summed E-state index contributed by atoms with van der Waals surface area (Å²) in [6.45, 7) is 3.64. The molecule has 1 aliphatic heterocycles. The Morgan fingerprint density at radius 2 is 1.75 bits per heavy atom. The molecule has 1 aliphatic rings. The van der Waals surface area contributed by atoms with Crippen molar-refractivity contribution in [1.29, 1.82) is 0 Å². The molecule has 176 valence electrons. The van der Waals surface area contributed by atoms with Gasteiger partial charge in [0.05, 0.1) is 12.2 Å². The number of halogens is 4. The minimum atomic E-state index is -4.80. The van der Waals surface area contributed by atoms with Gasteiger partial charge in [-0.25, -0.2) is 0 Å². The highest BCUT2D eigenvalue weighted by Crippen LogP contribution is 2.30. The zero-order valence-corrected chi connectivity index (χ0v) is 20.0. The molecule has 0 radical (unpaired) electrons. The first-order chi connectivity index (χ1) is 14.8. The number of para-hydroxylation sites is 2. The van der Waals surface area contributed by atoms with E-state index in [0.29, 0.717) is 19.8 Å². The minimum absolute atomic E-state index is 0. The number of alkyl halides is 3. The number of nitrogens with one attached hydrogen (secondary N) is 2. The molecule has 4 N–H and O–H groups in total. The summed E-state index contributed by atoms with van der Waals surface area (Å²) in [4.78, 5) is 4.43. The highest BCUT2D eigenvalue weighted by Gasteiger charge is 2.34. The Morgan fingerprint density at radius 1 is 1.12 bits per heavy atom. The number of hydrogen-bond donors (Lipinski definition) is 3. The Labute approximate surface area is 202 Å². The first-order valence-corrected chi connectivity index (χ1v) is 10.1. The molecule has 0 aliphatic carbocycles. The first-order valence-electron chi connectivity index (χ1n) is 10.1. The second-order valence-corrected chi connectivity index (χ2v) is 7.54. The van der Waals surface area contributed by atoms with Gasteiger partial charge in [-0.1, -0.05) is 42.5 Å². The zero-order valence-electron chi connectivity index (χ0n) is 17.7. The van der Waals surface area contributed by atoms with Crippen molar-refractivity contribution >= 4 is 35.6 Å². The van der Waals surface area contributed by atoms with Gasteiger partial charge in [-0.05, 0) is 37.5 Å². The van der Waals surface area contributed by atoms with E-state index < -0.39 is 6.36 Å². The van der Waals surface area contributed by atoms with Gasteiger partial charge in [-0.3, -0.25) is 4.99 Å². The second-order valence-electron chi connectivity index (χ2n) is 7.54. The lowest BCUT2D eigenvalue weighted by Crippen LogP contribution is -2.53. The molecule has 0 amide bonds. The van der Waals surface area contributed by atoms with Gasteiger partial charge in [0.15, 0.2) is 11.7 Å². The van der Waals surface area contributed by atoms with Crippen LogP contribution in [0.5, 0.6) is 5.75 Å². The maximum atomic E-state index is 12.6. The number of benzene rings is 2. The van der Waals surface area contributed by atoms with E-state index in [2.05, 4.69) is 39.4 Å². The molecular weight excluding hydrogens is 536 g/mol. The van der Waals surface area contributed by atoms with E-state index in [0.717, 1.165) is 18.4 Å². The largest absolute Gasteiger partial charge is 0.573 e. The number of nitrogens with zero attached hydrogens (tertiary/aromatic N) is 1. The van der Waals surface area contributed by atoms with Gasteiger partial charge in [0, 0.05) is 24.8 Å². The van der Waals surface area contributed by atoms with Gasteiger partial charge in [0.2, 0.25) is 0 Å². The SMILES string of the molecule is CC(NC1(CN=C(N)Nc2ccccc2OC(F)(F)F)CCOCC1)c1ccccc1.I. The van der Waals surface area contributed by atoms with Crippen LogP contribution in [0.2, 0.25) is 0 Å². The number of hydrogen-bond acceptors (Lipinski definition) is 4. The molecule has 10 heteroatoms. The normalized spacial score (nSPS) is 17.2. The van der Waals surface area contributed by atoms with Crippen molar-refractivity contribution in [2.24, 2.45) is 10.7 Å². The van der Waals surface area contributed by atoms with Crippen molar-refractivity contribution in [1.82, 2.24) is 5.32 Å². The van der Waals surface area contributed by atoms with Crippen LogP contribution < -0.4 is 21.1 Å². The standard InChI is InChI=1S/C22H27F3N4O2.HI/c1-16(17-7-3-2-4-8-17)29-21(11-13-30-14-12-21)15-27-20(26)28-18-9-5-6-10-19(18)31-22(23,24)25;/h2-10,16,29H,11-15H2,1H3,(H3,26,27,28);1H. The van der Waals surface area contributed by atoms with E-state index in [-0.39, 0.29) is 53.0 Å². The van der Waals surface area contributed by atoms with Gasteiger partial charge < -0.3 is 25.8 Å². The molecule has 0 spiro atoms. The van der Waals surface area contributed by atoms with Crippen LogP contribution in [0.1, 0.15) is 31.4 Å². The molecule has 1 heterocycles. The molecule has 6 nitrogen and oxygen atoms in total. The van der Waals surface area contributed by atoms with E-state index in [1.807, 2.05) is 18.2 Å². The van der Waals surface area contributed by atoms with Crippen molar-refractivity contribution in [3.05, 3.63) is 60.2 Å². The molecule has 1 fully saturated rings. The van der Waals surface area contributed by atoms with Gasteiger partial charge in [0.25, 0.3) is 0 Å². The summed E-state index contributed by atoms with van der Waals surface area (Å²) in [5, 5.41) is 6.39. The number of aliphatic imine (C=N–C) groups is 1. The van der Waals surface area contributed by atoms with Crippen molar-refractivity contribution in [3.8, 4) is 5.75 Å². The number of ether oxygens (including phenoxy) is 2. The Balaban J connectivity index is 0.00000363. The van der Waals surface area contributed by atoms with E-state index in [1.54, 1.807) is 6.07 Å². The Bertz CT molecular complexity index is 875. The van der Waals surface area contributed by atoms with E-state index >= 15 is 0 Å². The van der Waals surface area contributed by atoms with Crippen LogP contribution in [-0.2, 0) is 4.74 Å². The van der Waals surface area contributed by atoms with Crippen LogP contribution >= 0.6 is 24.0 Å². The third-order valence-corrected chi connectivity index (χ3v) is 5.20. The van der Waals surface area contributed by atoms with Gasteiger partial charge in [-0.2, -0.15) is 0 Å². The fraction of sp³-hybridized carbons (Fsp3) is 0.409. The summed E-state index contributed by atoms with van der Waals surface area (Å²) in [6, 6.07) is 15.9. The topological polar surface area (TPSA) is 80.9 Å². The smallest absolute Gasteiger partial charge is 0.404 e. The highest BCUT2D eigenvalue weighted by atomic mass is 127. The predicted octanol–water partition coefficient (Wildman–Crippen LogP) is 4.83. The van der Waals surface area contributed by atoms with Crippen LogP contribution in [0.4, 0.5) is 18.9 Å². The Morgan fingerprint density at radius 3 is 2.41 bits per heavy atom. The van der Waals surface area contributed by atoms with Crippen molar-refractivity contribution in [2.45, 2.75) is 37.7 Å². The van der Waals surface area contributed by atoms with E-state index in [4.69, 9.17) is 10.5 Å². The molecule has 0 bridgehead atoms. The number of nitrogens with two attached hydrogens (primary N) is 1. The molecule has 0 aromatic heterocycles. The highest BCUT2D eigenvalue weighted by molar-refractivity contribution is 14.0. The number of anilines is 1. The molecule has 2 aromatic rings. The lowest BCUT2D eigenvalue weighted by atomic mass is 9.88. The third-order valence-electron chi connectivity index (χ3n) is 5.20. The molecule has 1 atom stereocenters. The Hall–Kier alpha value is -2.05. The quantitative estimate of drug-likeness (QED) is 0.255. The zero-order chi connectivity index (χ0) is 22.3. The summed E-state index contributed by atoms with van der Waals surface area (Å²) in [7, 11) is 0. The Kier molecular flexibility index (Phi) is 9.59. The van der Waals surface area contributed by atoms with Crippen LogP contribution in [-0.4, -0.2) is 37.6 Å². The maximum absolute atomic E-state index is 12.6. The van der Waals surface area contributed by atoms with Gasteiger partial charge in [-0.15, -0.1) is 37.1 Å². The summed E-state index contributed by atoms with van der Waals surface area (Å²) >= 11 is 0. The van der Waals surface area contributed by atoms with Crippen LogP contribution in [0.25, 0.3) is 0 Å². The summed E-state index contributed by atoms with van der Waals surface area (Å²) < 4.78 is 47.5. The monoisotopic (exact) mass is 564 g/mol. The molecule has 3 rings (SSSR count). The van der Waals surface area contributed by atoms with Crippen LogP contribution in [0.15, 0.2) is 59.6 Å². The third kappa shape index (κ3) is 7.82. The predicted molar refractivity (Wildman–Crippen MR) is 129 cm³/mol. The minimum Gasteiger partial charge on any atom is -0.404 e. The number of guanidine groups is 1. The van der Waals surface area contributed by atoms with Crippen LogP contribution in [0.3, 0.4) is 0 Å². The van der Waals surface area contributed by atoms with E-state index in [9.17, 15) is 13.2 Å². The van der Waals surface area contributed by atoms with Crippen LogP contribution in [0, 0.1) is 0 Å². The summed E-state index contributed by atoms with van der Waals surface area (Å²) in [5.41, 5.74) is 6.91. The summed E-state index contributed by atoms with van der Waals surface area (Å²) in [5.74, 6) is -0.358. The van der Waals surface area contributed by atoms with Crippen molar-refractivity contribution < 1.29 is 22.6 Å². The second kappa shape index (κ2) is 11.7. The summed E-state index contributed by atoms with van der Waals surface area (Å²) in [6.07, 6.45) is -3.31. The average molecular weight is 564 g/mol. The molecule has 0 saturated carbocycles. The lowest BCUT2D eigenvalue weighted by Gasteiger charge is -2.39. The number of rotatable bonds is 7. The molecular formula is C22H28F3IN4O2.